The van der Waals surface area contributed by atoms with Gasteiger partial charge < -0.3 is 5.32 Å². The third kappa shape index (κ3) is 8.53. The largest absolute Gasteiger partial charge is 0.354 e. The summed E-state index contributed by atoms with van der Waals surface area (Å²) in [5, 5.41) is 3.91. The van der Waals surface area contributed by atoms with Crippen molar-refractivity contribution in [1.29, 1.82) is 0 Å². The van der Waals surface area contributed by atoms with E-state index in [1.165, 1.54) is 35.1 Å². The first kappa shape index (κ1) is 37.3. The van der Waals surface area contributed by atoms with Gasteiger partial charge in [-0.1, -0.05) is 140 Å². The van der Waals surface area contributed by atoms with Crippen LogP contribution in [0.1, 0.15) is 70.4 Å². The van der Waals surface area contributed by atoms with E-state index in [-0.39, 0.29) is 30.2 Å². The van der Waals surface area contributed by atoms with Crippen LogP contribution in [0.15, 0.2) is 184 Å². The molecule has 1 N–H and O–H groups in total. The second-order valence-electron chi connectivity index (χ2n) is 15.7. The Balaban J connectivity index is 1.24. The standard InChI is InChI=1S/C50H56N4/c1-6-38(34-47(51-37(4)39-21-10-7-11-22-39)41-31-29-40(30-32-41)45-28-17-16-19-35(45)2)44-27-18-20-36(3)46(33-44)50-53-48(42-23-12-8-13-24-42)52-49(54(50)5)43-25-14-9-15-26-43/h6-8,10-12,14,17-18,21-23,26-29,31-35,37,40,43,45-46,49-50H,1,3,13,16,19-20,24-25,30H2,2,4-5H3,(H,52,53)/b38-34+,51-47+. The van der Waals surface area contributed by atoms with Gasteiger partial charge in [-0.15, -0.1) is 0 Å². The third-order valence-corrected chi connectivity index (χ3v) is 12.0. The minimum absolute atomic E-state index is 0.000198. The smallest absolute Gasteiger partial charge is 0.127 e. The first-order valence-electron chi connectivity index (χ1n) is 20.1. The average molecular weight is 713 g/mol. The number of hydrogen-bond donors (Lipinski definition) is 1. The molecule has 7 rings (SSSR count). The summed E-state index contributed by atoms with van der Waals surface area (Å²) < 4.78 is 0. The van der Waals surface area contributed by atoms with Gasteiger partial charge in [0, 0.05) is 11.8 Å². The summed E-state index contributed by atoms with van der Waals surface area (Å²) in [7, 11) is 2.20. The number of nitrogens with one attached hydrogen (secondary N) is 1. The van der Waals surface area contributed by atoms with E-state index in [4.69, 9.17) is 9.98 Å². The Labute approximate surface area is 324 Å². The number of rotatable bonds is 10. The highest BCUT2D eigenvalue weighted by Crippen LogP contribution is 2.37. The minimum Gasteiger partial charge on any atom is -0.354 e. The van der Waals surface area contributed by atoms with Crippen LogP contribution in [0.5, 0.6) is 0 Å². The Morgan fingerprint density at radius 3 is 2.63 bits per heavy atom. The van der Waals surface area contributed by atoms with Crippen molar-refractivity contribution in [3.8, 4) is 0 Å². The predicted molar refractivity (Wildman–Crippen MR) is 228 cm³/mol. The molecule has 0 saturated carbocycles. The van der Waals surface area contributed by atoms with Gasteiger partial charge in [0.1, 0.15) is 12.0 Å². The monoisotopic (exact) mass is 712 g/mol. The summed E-state index contributed by atoms with van der Waals surface area (Å²) in [6.45, 7) is 13.6. The average Bonchev–Trinajstić information content (AvgIpc) is 3.41. The molecule has 6 aliphatic rings. The first-order valence-corrected chi connectivity index (χ1v) is 20.1. The Hall–Kier alpha value is -4.98. The molecular formula is C50H56N4. The maximum atomic E-state index is 5.41. The van der Waals surface area contributed by atoms with Crippen LogP contribution >= 0.6 is 0 Å². The zero-order valence-electron chi connectivity index (χ0n) is 32.4. The van der Waals surface area contributed by atoms with Gasteiger partial charge in [-0.25, -0.2) is 4.99 Å². The van der Waals surface area contributed by atoms with Crippen LogP contribution in [0.3, 0.4) is 0 Å². The SMILES string of the molecule is C=C/C(=C\C(=N/C(C)c1ccccc1)C1=CCC(C2C=CCCC2C)C=C1)C1=CC(C2NC(C3=CC=CCC3)=NC(C3C=C=C=CC3)N2C)C(=C)CC=C1. The van der Waals surface area contributed by atoms with E-state index >= 15 is 0 Å². The number of amidine groups is 1. The summed E-state index contributed by atoms with van der Waals surface area (Å²) in [5.41, 5.74) is 14.3. The van der Waals surface area contributed by atoms with Crippen LogP contribution in [-0.4, -0.2) is 35.8 Å². The van der Waals surface area contributed by atoms with Crippen LogP contribution < -0.4 is 5.32 Å². The van der Waals surface area contributed by atoms with E-state index in [2.05, 4.69) is 171 Å². The quantitative estimate of drug-likeness (QED) is 0.114. The fourth-order valence-electron chi connectivity index (χ4n) is 8.70. The molecule has 1 aromatic rings. The topological polar surface area (TPSA) is 40.0 Å². The van der Waals surface area contributed by atoms with Crippen LogP contribution in [0.4, 0.5) is 0 Å². The number of hydrogen-bond acceptors (Lipinski definition) is 4. The summed E-state index contributed by atoms with van der Waals surface area (Å²) in [5.74, 6) is 3.05. The maximum absolute atomic E-state index is 5.41. The van der Waals surface area contributed by atoms with Crippen molar-refractivity contribution in [2.45, 2.75) is 77.2 Å². The molecule has 0 spiro atoms. The molecule has 8 unspecified atom stereocenters. The molecule has 0 aromatic heterocycles. The van der Waals surface area contributed by atoms with Crippen LogP contribution in [0.2, 0.25) is 0 Å². The van der Waals surface area contributed by atoms with Gasteiger partial charge in [-0.05, 0) is 123 Å². The summed E-state index contributed by atoms with van der Waals surface area (Å²) >= 11 is 0. The van der Waals surface area contributed by atoms with Crippen molar-refractivity contribution in [3.63, 3.8) is 0 Å². The zero-order valence-corrected chi connectivity index (χ0v) is 32.4. The van der Waals surface area contributed by atoms with E-state index in [0.717, 1.165) is 54.8 Å². The summed E-state index contributed by atoms with van der Waals surface area (Å²) in [6, 6.07) is 10.6. The molecule has 0 amide bonds. The molecule has 1 aromatic carbocycles. The van der Waals surface area contributed by atoms with E-state index in [9.17, 15) is 0 Å². The molecule has 54 heavy (non-hydrogen) atoms. The zero-order chi connectivity index (χ0) is 37.4. The van der Waals surface area contributed by atoms with Gasteiger partial charge in [0.2, 0.25) is 0 Å². The van der Waals surface area contributed by atoms with Crippen LogP contribution in [-0.2, 0) is 0 Å². The van der Waals surface area contributed by atoms with Gasteiger partial charge in [-0.3, -0.25) is 9.89 Å². The van der Waals surface area contributed by atoms with Crippen molar-refractivity contribution in [3.05, 3.63) is 180 Å². The molecular weight excluding hydrogens is 657 g/mol. The van der Waals surface area contributed by atoms with Crippen LogP contribution in [0, 0.1) is 29.6 Å². The number of allylic oxidation sites excluding steroid dienone is 16. The predicted octanol–water partition coefficient (Wildman–Crippen LogP) is 11.2. The highest BCUT2D eigenvalue weighted by molar-refractivity contribution is 6.11. The fourth-order valence-corrected chi connectivity index (χ4v) is 8.70. The highest BCUT2D eigenvalue weighted by Gasteiger charge is 2.38. The Morgan fingerprint density at radius 1 is 1.04 bits per heavy atom. The van der Waals surface area contributed by atoms with Crippen LogP contribution in [0.25, 0.3) is 0 Å². The van der Waals surface area contributed by atoms with Gasteiger partial charge in [-0.2, -0.15) is 0 Å². The Bertz CT molecular complexity index is 2010. The molecule has 0 bridgehead atoms. The first-order chi connectivity index (χ1) is 26.4. The van der Waals surface area contributed by atoms with Crippen molar-refractivity contribution in [1.82, 2.24) is 10.2 Å². The molecule has 1 heterocycles. The van der Waals surface area contributed by atoms with E-state index in [1.807, 2.05) is 6.08 Å². The molecule has 276 valence electrons. The minimum atomic E-state index is -0.0329. The van der Waals surface area contributed by atoms with Crippen molar-refractivity contribution >= 4 is 11.5 Å². The van der Waals surface area contributed by atoms with E-state index in [1.54, 1.807) is 0 Å². The third-order valence-electron chi connectivity index (χ3n) is 12.0. The van der Waals surface area contributed by atoms with Crippen molar-refractivity contribution < 1.29 is 0 Å². The highest BCUT2D eigenvalue weighted by atomic mass is 15.4. The second-order valence-corrected chi connectivity index (χ2v) is 15.7. The summed E-state index contributed by atoms with van der Waals surface area (Å²) in [4.78, 5) is 13.2. The Morgan fingerprint density at radius 2 is 1.91 bits per heavy atom. The van der Waals surface area contributed by atoms with Gasteiger partial charge in [0.15, 0.2) is 0 Å². The van der Waals surface area contributed by atoms with E-state index < -0.39 is 0 Å². The summed E-state index contributed by atoms with van der Waals surface area (Å²) in [6.07, 6.45) is 41.1. The number of benzene rings is 1. The molecule has 0 fully saturated rings. The molecule has 4 heteroatoms. The molecule has 0 saturated heterocycles. The molecule has 4 nitrogen and oxygen atoms in total. The number of nitrogens with zero attached hydrogens (tertiary/aromatic N) is 3. The van der Waals surface area contributed by atoms with Crippen molar-refractivity contribution in [2.75, 3.05) is 7.05 Å². The van der Waals surface area contributed by atoms with Gasteiger partial charge in [0.05, 0.1) is 17.9 Å². The molecule has 1 aliphatic heterocycles. The lowest BCUT2D eigenvalue weighted by Crippen LogP contribution is -2.59. The second kappa shape index (κ2) is 17.4. The number of aliphatic imine (C=N–C) groups is 2. The van der Waals surface area contributed by atoms with Crippen molar-refractivity contribution in [2.24, 2.45) is 39.6 Å². The lowest BCUT2D eigenvalue weighted by Gasteiger charge is -2.44. The molecule has 8 atom stereocenters. The lowest BCUT2D eigenvalue weighted by atomic mass is 9.74. The molecule has 5 aliphatic carbocycles. The van der Waals surface area contributed by atoms with Gasteiger partial charge in [0.25, 0.3) is 0 Å². The Kier molecular flexibility index (Phi) is 12.1. The molecule has 0 radical (unpaired) electrons. The normalized spacial score (nSPS) is 30.6. The lowest BCUT2D eigenvalue weighted by molar-refractivity contribution is 0.102. The fraction of sp³-hybridized carbons (Fsp3) is 0.360. The maximum Gasteiger partial charge on any atom is 0.127 e. The van der Waals surface area contributed by atoms with Gasteiger partial charge >= 0.3 is 0 Å². The van der Waals surface area contributed by atoms with E-state index in [0.29, 0.717) is 17.8 Å².